The van der Waals surface area contributed by atoms with E-state index >= 15 is 0 Å². The number of benzene rings is 1. The fraction of sp³-hybridized carbons (Fsp3) is 0.385. The van der Waals surface area contributed by atoms with Crippen LogP contribution in [0.4, 0.5) is 0 Å². The molecule has 0 spiro atoms. The molecule has 20 heavy (non-hydrogen) atoms. The van der Waals surface area contributed by atoms with E-state index in [1.807, 2.05) is 6.92 Å². The SMILES string of the molecule is CCCCC(OC(=O)c1cc(O)c(O)c(O)c1)C(=O)O. The van der Waals surface area contributed by atoms with Gasteiger partial charge < -0.3 is 25.2 Å². The van der Waals surface area contributed by atoms with Crippen LogP contribution in [0.15, 0.2) is 12.1 Å². The summed E-state index contributed by atoms with van der Waals surface area (Å²) in [6.07, 6.45) is 0.215. The first-order chi connectivity index (χ1) is 9.36. The number of ether oxygens (including phenoxy) is 1. The van der Waals surface area contributed by atoms with E-state index < -0.39 is 35.3 Å². The van der Waals surface area contributed by atoms with Crippen molar-refractivity contribution in [2.24, 2.45) is 0 Å². The Kier molecular flexibility index (Phi) is 5.19. The number of carbonyl (C=O) groups is 2. The average molecular weight is 284 g/mol. The van der Waals surface area contributed by atoms with Crippen molar-refractivity contribution in [3.05, 3.63) is 17.7 Å². The largest absolute Gasteiger partial charge is 0.504 e. The Labute approximate surface area is 115 Å². The van der Waals surface area contributed by atoms with Gasteiger partial charge in [0.05, 0.1) is 5.56 Å². The van der Waals surface area contributed by atoms with Gasteiger partial charge in [-0.15, -0.1) is 0 Å². The van der Waals surface area contributed by atoms with E-state index in [-0.39, 0.29) is 12.0 Å². The van der Waals surface area contributed by atoms with Crippen LogP contribution in [0.5, 0.6) is 17.2 Å². The highest BCUT2D eigenvalue weighted by atomic mass is 16.6. The fourth-order valence-corrected chi connectivity index (χ4v) is 1.54. The zero-order valence-corrected chi connectivity index (χ0v) is 10.9. The molecule has 7 nitrogen and oxygen atoms in total. The molecular formula is C13H16O7. The lowest BCUT2D eigenvalue weighted by Gasteiger charge is -2.13. The summed E-state index contributed by atoms with van der Waals surface area (Å²) in [5.41, 5.74) is -0.249. The molecule has 0 aromatic heterocycles. The molecule has 0 saturated heterocycles. The van der Waals surface area contributed by atoms with Gasteiger partial charge in [0.1, 0.15) is 0 Å². The monoisotopic (exact) mass is 284 g/mol. The lowest BCUT2D eigenvalue weighted by atomic mass is 10.1. The minimum atomic E-state index is -1.29. The summed E-state index contributed by atoms with van der Waals surface area (Å²) in [5.74, 6) is -4.42. The van der Waals surface area contributed by atoms with Gasteiger partial charge in [0, 0.05) is 0 Å². The summed E-state index contributed by atoms with van der Waals surface area (Å²) < 4.78 is 4.81. The maximum absolute atomic E-state index is 11.7. The molecule has 0 fully saturated rings. The number of phenols is 3. The molecule has 1 aromatic carbocycles. The molecule has 1 aromatic rings. The minimum Gasteiger partial charge on any atom is -0.504 e. The predicted molar refractivity (Wildman–Crippen MR) is 67.8 cm³/mol. The number of carboxylic acid groups (broad SMARTS) is 1. The van der Waals surface area contributed by atoms with Crippen LogP contribution in [0, 0.1) is 0 Å². The molecule has 0 aliphatic carbocycles. The van der Waals surface area contributed by atoms with Crippen LogP contribution in [-0.4, -0.2) is 38.5 Å². The van der Waals surface area contributed by atoms with E-state index in [0.717, 1.165) is 18.6 Å². The van der Waals surface area contributed by atoms with Gasteiger partial charge in [-0.3, -0.25) is 0 Å². The molecular weight excluding hydrogens is 268 g/mol. The predicted octanol–water partition coefficient (Wildman–Crippen LogP) is 1.60. The Bertz CT molecular complexity index is 486. The third-order valence-corrected chi connectivity index (χ3v) is 2.65. The van der Waals surface area contributed by atoms with Crippen molar-refractivity contribution in [1.29, 1.82) is 0 Å². The Morgan fingerprint density at radius 2 is 1.75 bits per heavy atom. The molecule has 1 atom stereocenters. The van der Waals surface area contributed by atoms with Gasteiger partial charge in [-0.1, -0.05) is 13.3 Å². The second-order valence-electron chi connectivity index (χ2n) is 4.24. The fourth-order valence-electron chi connectivity index (χ4n) is 1.54. The van der Waals surface area contributed by atoms with Gasteiger partial charge in [0.15, 0.2) is 23.4 Å². The van der Waals surface area contributed by atoms with E-state index in [4.69, 9.17) is 14.9 Å². The van der Waals surface area contributed by atoms with Crippen molar-refractivity contribution in [2.45, 2.75) is 32.3 Å². The third kappa shape index (κ3) is 3.78. The number of esters is 1. The molecule has 0 radical (unpaired) electrons. The number of phenolic OH excluding ortho intramolecular Hbond substituents is 3. The smallest absolute Gasteiger partial charge is 0.345 e. The first-order valence-corrected chi connectivity index (χ1v) is 6.05. The number of rotatable bonds is 6. The van der Waals surface area contributed by atoms with Crippen molar-refractivity contribution in [3.8, 4) is 17.2 Å². The summed E-state index contributed by atoms with van der Waals surface area (Å²) in [4.78, 5) is 22.7. The van der Waals surface area contributed by atoms with E-state index in [1.54, 1.807) is 0 Å². The maximum Gasteiger partial charge on any atom is 0.345 e. The van der Waals surface area contributed by atoms with Crippen LogP contribution < -0.4 is 0 Å². The summed E-state index contributed by atoms with van der Waals surface area (Å²) in [6.45, 7) is 1.87. The molecule has 0 aliphatic rings. The summed E-state index contributed by atoms with van der Waals surface area (Å²) in [5, 5.41) is 36.6. The number of aliphatic carboxylic acids is 1. The second-order valence-corrected chi connectivity index (χ2v) is 4.24. The normalized spacial score (nSPS) is 11.8. The minimum absolute atomic E-state index is 0.174. The van der Waals surface area contributed by atoms with Crippen LogP contribution >= 0.6 is 0 Å². The van der Waals surface area contributed by atoms with Crippen molar-refractivity contribution < 1.29 is 34.8 Å². The Morgan fingerprint density at radius 1 is 1.20 bits per heavy atom. The van der Waals surface area contributed by atoms with Crippen molar-refractivity contribution >= 4 is 11.9 Å². The van der Waals surface area contributed by atoms with Gasteiger partial charge in [0.25, 0.3) is 0 Å². The van der Waals surface area contributed by atoms with Crippen LogP contribution in [-0.2, 0) is 9.53 Å². The maximum atomic E-state index is 11.7. The average Bonchev–Trinajstić information content (AvgIpc) is 2.39. The Hall–Kier alpha value is -2.44. The van der Waals surface area contributed by atoms with E-state index in [9.17, 15) is 19.8 Å². The quantitative estimate of drug-likeness (QED) is 0.462. The highest BCUT2D eigenvalue weighted by molar-refractivity contribution is 5.92. The van der Waals surface area contributed by atoms with Crippen molar-refractivity contribution in [1.82, 2.24) is 0 Å². The standard InChI is InChI=1S/C13H16O7/c1-2-3-4-10(12(17)18)20-13(19)7-5-8(14)11(16)9(15)6-7/h5-6,10,14-16H,2-4H2,1H3,(H,17,18). The summed E-state index contributed by atoms with van der Waals surface area (Å²) >= 11 is 0. The first kappa shape index (κ1) is 15.6. The van der Waals surface area contributed by atoms with Gasteiger partial charge in [-0.2, -0.15) is 0 Å². The summed E-state index contributed by atoms with van der Waals surface area (Å²) in [7, 11) is 0. The zero-order chi connectivity index (χ0) is 15.3. The van der Waals surface area contributed by atoms with Crippen molar-refractivity contribution in [3.63, 3.8) is 0 Å². The van der Waals surface area contributed by atoms with Crippen LogP contribution in [0.3, 0.4) is 0 Å². The Balaban J connectivity index is 2.86. The number of carboxylic acids is 1. The topological polar surface area (TPSA) is 124 Å². The molecule has 7 heteroatoms. The molecule has 110 valence electrons. The van der Waals surface area contributed by atoms with Gasteiger partial charge in [-0.25, -0.2) is 9.59 Å². The zero-order valence-electron chi connectivity index (χ0n) is 10.9. The summed E-state index contributed by atoms with van der Waals surface area (Å²) in [6, 6.07) is 1.77. The second kappa shape index (κ2) is 6.65. The lowest BCUT2D eigenvalue weighted by molar-refractivity contribution is -0.147. The van der Waals surface area contributed by atoms with Crippen molar-refractivity contribution in [2.75, 3.05) is 0 Å². The van der Waals surface area contributed by atoms with Gasteiger partial charge in [0.2, 0.25) is 0 Å². The molecule has 1 rings (SSSR count). The lowest BCUT2D eigenvalue weighted by Crippen LogP contribution is -2.27. The molecule has 0 bridgehead atoms. The first-order valence-electron chi connectivity index (χ1n) is 6.05. The Morgan fingerprint density at radius 3 is 2.20 bits per heavy atom. The van der Waals surface area contributed by atoms with E-state index in [0.29, 0.717) is 6.42 Å². The highest BCUT2D eigenvalue weighted by Gasteiger charge is 2.23. The van der Waals surface area contributed by atoms with Crippen LogP contribution in [0.1, 0.15) is 36.5 Å². The highest BCUT2D eigenvalue weighted by Crippen LogP contribution is 2.35. The molecule has 0 heterocycles. The number of unbranched alkanes of at least 4 members (excludes halogenated alkanes) is 1. The van der Waals surface area contributed by atoms with Crippen LogP contribution in [0.25, 0.3) is 0 Å². The third-order valence-electron chi connectivity index (χ3n) is 2.65. The molecule has 0 amide bonds. The van der Waals surface area contributed by atoms with E-state index in [1.165, 1.54) is 0 Å². The van der Waals surface area contributed by atoms with E-state index in [2.05, 4.69) is 0 Å². The number of carbonyl (C=O) groups excluding carboxylic acids is 1. The molecule has 0 saturated carbocycles. The van der Waals surface area contributed by atoms with Crippen LogP contribution in [0.2, 0.25) is 0 Å². The van der Waals surface area contributed by atoms with Gasteiger partial charge >= 0.3 is 11.9 Å². The number of hydrogen-bond donors (Lipinski definition) is 4. The number of aromatic hydroxyl groups is 3. The molecule has 4 N–H and O–H groups in total. The van der Waals surface area contributed by atoms with Gasteiger partial charge in [-0.05, 0) is 25.0 Å². The molecule has 1 unspecified atom stereocenters. The molecule has 0 aliphatic heterocycles. The number of hydrogen-bond acceptors (Lipinski definition) is 6.